The molecule has 0 amide bonds. The average molecular weight is 277 g/mol. The fraction of sp³-hybridized carbons (Fsp3) is 0.154. The summed E-state index contributed by atoms with van der Waals surface area (Å²) in [5.74, 6) is -1.10. The molecule has 0 atom stereocenters. The van der Waals surface area contributed by atoms with Gasteiger partial charge in [-0.2, -0.15) is 10.4 Å². The number of nitrogens with zero attached hydrogens (tertiary/aromatic N) is 3. The first-order chi connectivity index (χ1) is 9.02. The van der Waals surface area contributed by atoms with Crippen LogP contribution in [-0.2, 0) is 0 Å². The summed E-state index contributed by atoms with van der Waals surface area (Å²) in [4.78, 5) is 0.0778. The van der Waals surface area contributed by atoms with E-state index in [9.17, 15) is 8.78 Å². The maximum Gasteiger partial charge on any atom is 0.142 e. The summed E-state index contributed by atoms with van der Waals surface area (Å²) < 4.78 is 26.6. The molecule has 0 radical (unpaired) electrons. The standard InChI is InChI=1S/C13H9F2N3S/c1-7-8(2)17-18-13(10(7)6-16)19-12-5-9(14)3-4-11(12)15/h3-5H,1-2H3. The van der Waals surface area contributed by atoms with E-state index in [-0.39, 0.29) is 9.92 Å². The maximum absolute atomic E-state index is 13.6. The summed E-state index contributed by atoms with van der Waals surface area (Å²) >= 11 is 0.891. The van der Waals surface area contributed by atoms with Crippen molar-refractivity contribution >= 4 is 11.8 Å². The Balaban J connectivity index is 2.47. The van der Waals surface area contributed by atoms with Gasteiger partial charge in [0, 0.05) is 0 Å². The van der Waals surface area contributed by atoms with Crippen LogP contribution < -0.4 is 0 Å². The Kier molecular flexibility index (Phi) is 3.76. The highest BCUT2D eigenvalue weighted by molar-refractivity contribution is 7.99. The van der Waals surface area contributed by atoms with Crippen LogP contribution in [0.25, 0.3) is 0 Å². The molecule has 0 saturated carbocycles. The van der Waals surface area contributed by atoms with Gasteiger partial charge in [0.05, 0.1) is 16.2 Å². The molecule has 0 aliphatic rings. The predicted octanol–water partition coefficient (Wildman–Crippen LogP) is 3.39. The highest BCUT2D eigenvalue weighted by atomic mass is 32.2. The summed E-state index contributed by atoms with van der Waals surface area (Å²) in [6.07, 6.45) is 0. The molecule has 1 aromatic carbocycles. The smallest absolute Gasteiger partial charge is 0.142 e. The Labute approximate surface area is 113 Å². The monoisotopic (exact) mass is 277 g/mol. The third kappa shape index (κ3) is 2.71. The van der Waals surface area contributed by atoms with Gasteiger partial charge in [0.25, 0.3) is 0 Å². The van der Waals surface area contributed by atoms with Crippen LogP contribution in [0.4, 0.5) is 8.78 Å². The Morgan fingerprint density at radius 3 is 2.63 bits per heavy atom. The summed E-state index contributed by atoms with van der Waals surface area (Å²) in [7, 11) is 0. The number of nitriles is 1. The van der Waals surface area contributed by atoms with Crippen LogP contribution in [0.1, 0.15) is 16.8 Å². The molecule has 0 aliphatic heterocycles. The van der Waals surface area contributed by atoms with Crippen LogP contribution in [-0.4, -0.2) is 10.2 Å². The van der Waals surface area contributed by atoms with Gasteiger partial charge in [-0.15, -0.1) is 5.10 Å². The summed E-state index contributed by atoms with van der Waals surface area (Å²) in [5.41, 5.74) is 1.67. The number of hydrogen-bond acceptors (Lipinski definition) is 4. The molecule has 0 N–H and O–H groups in total. The fourth-order valence-electron chi connectivity index (χ4n) is 1.45. The van der Waals surface area contributed by atoms with Crippen molar-refractivity contribution in [1.82, 2.24) is 10.2 Å². The topological polar surface area (TPSA) is 49.6 Å². The fourth-order valence-corrected chi connectivity index (χ4v) is 2.38. The third-order valence-corrected chi connectivity index (χ3v) is 3.65. The minimum absolute atomic E-state index is 0.0778. The molecule has 0 unspecified atom stereocenters. The molecule has 1 heterocycles. The van der Waals surface area contributed by atoms with Crippen molar-refractivity contribution in [1.29, 1.82) is 5.26 Å². The van der Waals surface area contributed by atoms with E-state index in [1.807, 2.05) is 6.07 Å². The van der Waals surface area contributed by atoms with Crippen molar-refractivity contribution in [2.24, 2.45) is 0 Å². The van der Waals surface area contributed by atoms with Crippen molar-refractivity contribution in [3.05, 3.63) is 46.7 Å². The summed E-state index contributed by atoms with van der Waals surface area (Å²) in [6, 6.07) is 5.17. The van der Waals surface area contributed by atoms with Crippen molar-refractivity contribution in [3.63, 3.8) is 0 Å². The second-order valence-electron chi connectivity index (χ2n) is 3.88. The second-order valence-corrected chi connectivity index (χ2v) is 4.91. The molecule has 96 valence electrons. The molecule has 2 rings (SSSR count). The van der Waals surface area contributed by atoms with Gasteiger partial charge in [0.1, 0.15) is 22.7 Å². The minimum atomic E-state index is -0.560. The van der Waals surface area contributed by atoms with E-state index in [0.29, 0.717) is 16.8 Å². The molecule has 1 aromatic heterocycles. The summed E-state index contributed by atoms with van der Waals surface area (Å²) in [5, 5.41) is 17.2. The van der Waals surface area contributed by atoms with Crippen LogP contribution >= 0.6 is 11.8 Å². The zero-order valence-electron chi connectivity index (χ0n) is 10.2. The summed E-state index contributed by atoms with van der Waals surface area (Å²) in [6.45, 7) is 3.48. The highest BCUT2D eigenvalue weighted by Gasteiger charge is 2.14. The first-order valence-electron chi connectivity index (χ1n) is 5.40. The van der Waals surface area contributed by atoms with Gasteiger partial charge >= 0.3 is 0 Å². The number of aryl methyl sites for hydroxylation is 1. The largest absolute Gasteiger partial charge is 0.207 e. The lowest BCUT2D eigenvalue weighted by atomic mass is 10.1. The van der Waals surface area contributed by atoms with Gasteiger partial charge in [-0.25, -0.2) is 8.78 Å². The van der Waals surface area contributed by atoms with Gasteiger partial charge in [-0.3, -0.25) is 0 Å². The molecule has 0 aliphatic carbocycles. The zero-order chi connectivity index (χ0) is 14.0. The van der Waals surface area contributed by atoms with Crippen molar-refractivity contribution in [3.8, 4) is 6.07 Å². The Morgan fingerprint density at radius 1 is 1.21 bits per heavy atom. The van der Waals surface area contributed by atoms with Gasteiger partial charge < -0.3 is 0 Å². The van der Waals surface area contributed by atoms with E-state index in [2.05, 4.69) is 10.2 Å². The number of rotatable bonds is 2. The number of benzene rings is 1. The quantitative estimate of drug-likeness (QED) is 0.844. The van der Waals surface area contributed by atoms with Crippen LogP contribution in [0.5, 0.6) is 0 Å². The molecule has 0 spiro atoms. The van der Waals surface area contributed by atoms with Gasteiger partial charge in [0.2, 0.25) is 0 Å². The van der Waals surface area contributed by atoms with Crippen molar-refractivity contribution < 1.29 is 8.78 Å². The lowest BCUT2D eigenvalue weighted by molar-refractivity contribution is 0.577. The third-order valence-electron chi connectivity index (χ3n) is 2.63. The highest BCUT2D eigenvalue weighted by Crippen LogP contribution is 2.32. The van der Waals surface area contributed by atoms with Gasteiger partial charge in [-0.1, -0.05) is 11.8 Å². The molecule has 0 fully saturated rings. The maximum atomic E-state index is 13.6. The van der Waals surface area contributed by atoms with Crippen LogP contribution in [0.15, 0.2) is 28.1 Å². The molecular weight excluding hydrogens is 268 g/mol. The van der Waals surface area contributed by atoms with Crippen LogP contribution in [0, 0.1) is 36.8 Å². The Bertz CT molecular complexity index is 680. The number of aromatic nitrogens is 2. The predicted molar refractivity (Wildman–Crippen MR) is 66.7 cm³/mol. The van der Waals surface area contributed by atoms with Crippen molar-refractivity contribution in [2.45, 2.75) is 23.8 Å². The van der Waals surface area contributed by atoms with E-state index in [1.165, 1.54) is 0 Å². The van der Waals surface area contributed by atoms with Crippen LogP contribution in [0.2, 0.25) is 0 Å². The van der Waals surface area contributed by atoms with Crippen molar-refractivity contribution in [2.75, 3.05) is 0 Å². The lowest BCUT2D eigenvalue weighted by Gasteiger charge is -2.07. The number of halogens is 2. The first-order valence-corrected chi connectivity index (χ1v) is 6.21. The molecule has 0 saturated heterocycles. The molecule has 3 nitrogen and oxygen atoms in total. The Morgan fingerprint density at radius 2 is 1.95 bits per heavy atom. The zero-order valence-corrected chi connectivity index (χ0v) is 11.1. The van der Waals surface area contributed by atoms with E-state index >= 15 is 0 Å². The molecule has 6 heteroatoms. The lowest BCUT2D eigenvalue weighted by Crippen LogP contribution is -1.99. The van der Waals surface area contributed by atoms with E-state index in [4.69, 9.17) is 5.26 Å². The minimum Gasteiger partial charge on any atom is -0.207 e. The molecular formula is C13H9F2N3S. The van der Waals surface area contributed by atoms with Gasteiger partial charge in [0.15, 0.2) is 0 Å². The van der Waals surface area contributed by atoms with Crippen LogP contribution in [0.3, 0.4) is 0 Å². The van der Waals surface area contributed by atoms with Gasteiger partial charge in [-0.05, 0) is 37.6 Å². The molecule has 0 bridgehead atoms. The molecule has 2 aromatic rings. The Hall–Kier alpha value is -2.00. The number of hydrogen-bond donors (Lipinski definition) is 0. The normalized spacial score (nSPS) is 10.3. The molecule has 19 heavy (non-hydrogen) atoms. The van der Waals surface area contributed by atoms with E-state index < -0.39 is 11.6 Å². The first kappa shape index (κ1) is 13.4. The second kappa shape index (κ2) is 5.33. The van der Waals surface area contributed by atoms with E-state index in [0.717, 1.165) is 30.0 Å². The average Bonchev–Trinajstić information content (AvgIpc) is 2.38. The SMILES string of the molecule is Cc1nnc(Sc2cc(F)ccc2F)c(C#N)c1C. The van der Waals surface area contributed by atoms with E-state index in [1.54, 1.807) is 13.8 Å².